The summed E-state index contributed by atoms with van der Waals surface area (Å²) >= 11 is 0. The number of allylic oxidation sites excluding steroid dienone is 1. The molecule has 0 unspecified atom stereocenters. The third-order valence-electron chi connectivity index (χ3n) is 1.11. The molecule has 0 aromatic heterocycles. The van der Waals surface area contributed by atoms with Crippen molar-refractivity contribution in [2.45, 2.75) is 13.8 Å². The Labute approximate surface area is 67.0 Å². The van der Waals surface area contributed by atoms with Gasteiger partial charge in [-0.05, 0) is 13.8 Å². The first kappa shape index (κ1) is 12.8. The molecular formula is C7H16N2O2. The summed E-state index contributed by atoms with van der Waals surface area (Å²) in [6.07, 6.45) is 1.71. The van der Waals surface area contributed by atoms with E-state index in [2.05, 4.69) is 0 Å². The minimum Gasteiger partial charge on any atom is -0.461 e. The van der Waals surface area contributed by atoms with E-state index >= 15 is 0 Å². The number of hydrogen-bond acceptors (Lipinski definition) is 4. The predicted octanol–water partition coefficient (Wildman–Crippen LogP) is 0.617. The average Bonchev–Trinajstić information content (AvgIpc) is 1.98. The fourth-order valence-corrected chi connectivity index (χ4v) is 0.383. The number of ether oxygens (including phenoxy) is 1. The van der Waals surface area contributed by atoms with Gasteiger partial charge in [0.2, 0.25) is 0 Å². The highest BCUT2D eigenvalue weighted by molar-refractivity contribution is 5.87. The fraction of sp³-hybridized carbons (Fsp3) is 0.571. The van der Waals surface area contributed by atoms with Gasteiger partial charge in [-0.2, -0.15) is 0 Å². The molecule has 0 saturated heterocycles. The molecule has 0 rings (SSSR count). The van der Waals surface area contributed by atoms with Crippen molar-refractivity contribution in [2.24, 2.45) is 5.73 Å². The van der Waals surface area contributed by atoms with Gasteiger partial charge in [0.1, 0.15) is 6.61 Å². The van der Waals surface area contributed by atoms with E-state index < -0.39 is 0 Å². The Morgan fingerprint density at radius 2 is 2.18 bits per heavy atom. The molecule has 0 amide bonds. The summed E-state index contributed by atoms with van der Waals surface area (Å²) in [5.74, 6) is -0.284. The molecule has 0 bridgehead atoms. The largest absolute Gasteiger partial charge is 0.461 e. The van der Waals surface area contributed by atoms with Gasteiger partial charge < -0.3 is 16.6 Å². The molecule has 0 aliphatic heterocycles. The van der Waals surface area contributed by atoms with E-state index in [0.29, 0.717) is 18.7 Å². The van der Waals surface area contributed by atoms with Gasteiger partial charge in [-0.15, -0.1) is 0 Å². The molecule has 4 nitrogen and oxygen atoms in total. The summed E-state index contributed by atoms with van der Waals surface area (Å²) in [6, 6.07) is 0. The maximum Gasteiger partial charge on any atom is 0.333 e. The Balaban J connectivity index is 0. The normalized spacial score (nSPS) is 10.3. The third kappa shape index (κ3) is 5.57. The maximum atomic E-state index is 10.8. The van der Waals surface area contributed by atoms with Crippen molar-refractivity contribution in [1.29, 1.82) is 0 Å². The van der Waals surface area contributed by atoms with Crippen molar-refractivity contribution in [3.63, 3.8) is 0 Å². The lowest BCUT2D eigenvalue weighted by atomic mass is 10.3. The van der Waals surface area contributed by atoms with E-state index in [4.69, 9.17) is 10.5 Å². The van der Waals surface area contributed by atoms with Gasteiger partial charge >= 0.3 is 5.97 Å². The van der Waals surface area contributed by atoms with Crippen LogP contribution < -0.4 is 11.9 Å². The standard InChI is InChI=1S/C7H13NO2.H3N/c1-3-6(2)7(9)10-5-4-8;/h3H,4-5,8H2,1-2H3;1H3. The number of carbonyl (C=O) groups excluding carboxylic acids is 1. The Kier molecular flexibility index (Phi) is 8.41. The van der Waals surface area contributed by atoms with E-state index in [-0.39, 0.29) is 12.1 Å². The Morgan fingerprint density at radius 1 is 1.64 bits per heavy atom. The SMILES string of the molecule is CC=C(C)C(=O)OCCN.N. The molecule has 0 radical (unpaired) electrons. The summed E-state index contributed by atoms with van der Waals surface area (Å²) in [4.78, 5) is 10.8. The van der Waals surface area contributed by atoms with Crippen LogP contribution in [-0.2, 0) is 9.53 Å². The van der Waals surface area contributed by atoms with E-state index in [1.54, 1.807) is 19.9 Å². The number of carbonyl (C=O) groups is 1. The van der Waals surface area contributed by atoms with Gasteiger partial charge in [0.25, 0.3) is 0 Å². The molecule has 0 atom stereocenters. The first-order valence-electron chi connectivity index (χ1n) is 3.22. The molecule has 4 heteroatoms. The van der Waals surface area contributed by atoms with Crippen molar-refractivity contribution in [3.05, 3.63) is 11.6 Å². The molecule has 11 heavy (non-hydrogen) atoms. The minimum absolute atomic E-state index is 0. The predicted molar refractivity (Wildman–Crippen MR) is 44.5 cm³/mol. The van der Waals surface area contributed by atoms with Gasteiger partial charge in [-0.1, -0.05) is 6.08 Å². The summed E-state index contributed by atoms with van der Waals surface area (Å²) in [5.41, 5.74) is 5.74. The monoisotopic (exact) mass is 160 g/mol. The zero-order valence-corrected chi connectivity index (χ0v) is 7.09. The highest BCUT2D eigenvalue weighted by Crippen LogP contribution is 1.94. The highest BCUT2D eigenvalue weighted by atomic mass is 16.5. The van der Waals surface area contributed by atoms with E-state index in [1.807, 2.05) is 0 Å². The minimum atomic E-state index is -0.284. The topological polar surface area (TPSA) is 87.3 Å². The lowest BCUT2D eigenvalue weighted by Crippen LogP contribution is -2.13. The van der Waals surface area contributed by atoms with E-state index in [1.165, 1.54) is 0 Å². The molecule has 0 fully saturated rings. The Bertz CT molecular complexity index is 143. The molecule has 0 aromatic rings. The highest BCUT2D eigenvalue weighted by Gasteiger charge is 2.01. The van der Waals surface area contributed by atoms with E-state index in [9.17, 15) is 4.79 Å². The summed E-state index contributed by atoms with van der Waals surface area (Å²) < 4.78 is 4.71. The van der Waals surface area contributed by atoms with Gasteiger partial charge in [0.05, 0.1) is 0 Å². The van der Waals surface area contributed by atoms with Crippen LogP contribution in [-0.4, -0.2) is 19.1 Å². The van der Waals surface area contributed by atoms with Crippen LogP contribution in [0.25, 0.3) is 0 Å². The van der Waals surface area contributed by atoms with Crippen LogP contribution in [0.2, 0.25) is 0 Å². The zero-order valence-electron chi connectivity index (χ0n) is 7.09. The second-order valence-corrected chi connectivity index (χ2v) is 1.90. The first-order valence-corrected chi connectivity index (χ1v) is 3.22. The van der Waals surface area contributed by atoms with Crippen LogP contribution in [0, 0.1) is 0 Å². The van der Waals surface area contributed by atoms with Crippen molar-refractivity contribution in [1.82, 2.24) is 6.15 Å². The summed E-state index contributed by atoms with van der Waals surface area (Å²) in [7, 11) is 0. The van der Waals surface area contributed by atoms with Crippen LogP contribution in [0.4, 0.5) is 0 Å². The second kappa shape index (κ2) is 7.24. The maximum absolute atomic E-state index is 10.8. The molecule has 66 valence electrons. The lowest BCUT2D eigenvalue weighted by Gasteiger charge is -2.00. The van der Waals surface area contributed by atoms with Gasteiger partial charge in [0, 0.05) is 12.1 Å². The van der Waals surface area contributed by atoms with Crippen molar-refractivity contribution < 1.29 is 9.53 Å². The van der Waals surface area contributed by atoms with E-state index in [0.717, 1.165) is 0 Å². The average molecular weight is 160 g/mol. The fourth-order valence-electron chi connectivity index (χ4n) is 0.383. The van der Waals surface area contributed by atoms with Gasteiger partial charge in [-0.25, -0.2) is 4.79 Å². The Morgan fingerprint density at radius 3 is 2.55 bits per heavy atom. The third-order valence-corrected chi connectivity index (χ3v) is 1.11. The zero-order chi connectivity index (χ0) is 7.98. The van der Waals surface area contributed by atoms with Crippen LogP contribution in [0.3, 0.4) is 0 Å². The van der Waals surface area contributed by atoms with Crippen LogP contribution >= 0.6 is 0 Å². The quantitative estimate of drug-likeness (QED) is 0.468. The second-order valence-electron chi connectivity index (χ2n) is 1.90. The van der Waals surface area contributed by atoms with Crippen molar-refractivity contribution >= 4 is 5.97 Å². The summed E-state index contributed by atoms with van der Waals surface area (Å²) in [6.45, 7) is 4.17. The molecule has 0 heterocycles. The van der Waals surface area contributed by atoms with Crippen LogP contribution in [0.1, 0.15) is 13.8 Å². The van der Waals surface area contributed by atoms with Crippen LogP contribution in [0.15, 0.2) is 11.6 Å². The first-order chi connectivity index (χ1) is 4.72. The number of esters is 1. The number of nitrogens with two attached hydrogens (primary N) is 1. The van der Waals surface area contributed by atoms with Crippen molar-refractivity contribution in [2.75, 3.05) is 13.2 Å². The molecule has 0 aliphatic rings. The van der Waals surface area contributed by atoms with Gasteiger partial charge in [-0.3, -0.25) is 0 Å². The van der Waals surface area contributed by atoms with Gasteiger partial charge in [0.15, 0.2) is 0 Å². The molecular weight excluding hydrogens is 144 g/mol. The summed E-state index contributed by atoms with van der Waals surface area (Å²) in [5, 5.41) is 0. The van der Waals surface area contributed by atoms with Crippen molar-refractivity contribution in [3.8, 4) is 0 Å². The Hall–Kier alpha value is -0.870. The number of hydrogen-bond donors (Lipinski definition) is 2. The lowest BCUT2D eigenvalue weighted by molar-refractivity contribution is -0.138. The molecule has 0 spiro atoms. The van der Waals surface area contributed by atoms with Crippen LogP contribution in [0.5, 0.6) is 0 Å². The number of rotatable bonds is 3. The molecule has 0 aromatic carbocycles. The molecule has 0 saturated carbocycles. The molecule has 5 N–H and O–H groups in total. The molecule has 0 aliphatic carbocycles. The smallest absolute Gasteiger partial charge is 0.333 e.